The van der Waals surface area contributed by atoms with Crippen LogP contribution in [0.1, 0.15) is 0 Å². The molecule has 0 spiro atoms. The normalized spacial score (nSPS) is 10.7. The van der Waals surface area contributed by atoms with Gasteiger partial charge in [-0.1, -0.05) is 18.2 Å². The van der Waals surface area contributed by atoms with E-state index in [1.165, 1.54) is 6.07 Å². The number of hydrogen-bond acceptors (Lipinski definition) is 5. The van der Waals surface area contributed by atoms with E-state index in [1.54, 1.807) is 35.7 Å². The molecule has 2 rings (SSSR count). The predicted molar refractivity (Wildman–Crippen MR) is 72.7 cm³/mol. The standard InChI is InChI=1S/C12H10N2O3S2/c13-7-8-17-11-5-2-1-4-10(11)14-19(15,16)12-6-3-9-18-12/h1-6,9,14H,8H2. The van der Waals surface area contributed by atoms with Crippen molar-refractivity contribution in [3.63, 3.8) is 0 Å². The van der Waals surface area contributed by atoms with Gasteiger partial charge in [-0.15, -0.1) is 11.3 Å². The van der Waals surface area contributed by atoms with E-state index in [-0.39, 0.29) is 10.8 Å². The average molecular weight is 294 g/mol. The molecule has 2 aromatic rings. The molecular weight excluding hydrogens is 284 g/mol. The molecule has 1 aromatic heterocycles. The Morgan fingerprint density at radius 3 is 2.74 bits per heavy atom. The van der Waals surface area contributed by atoms with E-state index in [0.29, 0.717) is 11.4 Å². The Balaban J connectivity index is 2.27. The fraction of sp³-hybridized carbons (Fsp3) is 0.0833. The summed E-state index contributed by atoms with van der Waals surface area (Å²) in [5.41, 5.74) is 0.311. The Kier molecular flexibility index (Phi) is 4.04. The minimum Gasteiger partial charge on any atom is -0.477 e. The van der Waals surface area contributed by atoms with Crippen LogP contribution in [0.3, 0.4) is 0 Å². The Labute approximate surface area is 115 Å². The predicted octanol–water partition coefficient (Wildman–Crippen LogP) is 2.45. The second kappa shape index (κ2) is 5.73. The van der Waals surface area contributed by atoms with Gasteiger partial charge in [0.25, 0.3) is 10.0 Å². The zero-order valence-electron chi connectivity index (χ0n) is 9.74. The lowest BCUT2D eigenvalue weighted by atomic mass is 10.3. The second-order valence-corrected chi connectivity index (χ2v) is 6.34. The molecule has 1 aromatic carbocycles. The monoisotopic (exact) mass is 294 g/mol. The van der Waals surface area contributed by atoms with Gasteiger partial charge in [0, 0.05) is 0 Å². The van der Waals surface area contributed by atoms with E-state index >= 15 is 0 Å². The number of benzene rings is 1. The van der Waals surface area contributed by atoms with Crippen molar-refractivity contribution in [2.45, 2.75) is 4.21 Å². The van der Waals surface area contributed by atoms with Crippen molar-refractivity contribution in [1.82, 2.24) is 0 Å². The Hall–Kier alpha value is -2.04. The molecule has 0 atom stereocenters. The molecule has 0 aliphatic carbocycles. The molecular formula is C12H10N2O3S2. The quantitative estimate of drug-likeness (QED) is 0.918. The molecule has 0 radical (unpaired) electrons. The van der Waals surface area contributed by atoms with Crippen molar-refractivity contribution >= 4 is 27.0 Å². The van der Waals surface area contributed by atoms with Gasteiger partial charge in [0.15, 0.2) is 6.61 Å². The van der Waals surface area contributed by atoms with Crippen molar-refractivity contribution in [3.05, 3.63) is 41.8 Å². The van der Waals surface area contributed by atoms with Crippen molar-refractivity contribution < 1.29 is 13.2 Å². The molecule has 0 saturated carbocycles. The summed E-state index contributed by atoms with van der Waals surface area (Å²) in [5.74, 6) is 0.323. The molecule has 0 aliphatic heterocycles. The molecule has 0 fully saturated rings. The minimum atomic E-state index is -3.61. The molecule has 1 heterocycles. The third-order valence-corrected chi connectivity index (χ3v) is 4.95. The zero-order valence-corrected chi connectivity index (χ0v) is 11.4. The van der Waals surface area contributed by atoms with Gasteiger partial charge >= 0.3 is 0 Å². The van der Waals surface area contributed by atoms with Crippen LogP contribution >= 0.6 is 11.3 Å². The Bertz CT molecular complexity index is 688. The number of sulfonamides is 1. The lowest BCUT2D eigenvalue weighted by Gasteiger charge is -2.11. The van der Waals surface area contributed by atoms with Gasteiger partial charge in [0.1, 0.15) is 16.0 Å². The number of nitriles is 1. The smallest absolute Gasteiger partial charge is 0.271 e. The van der Waals surface area contributed by atoms with Crippen LogP contribution in [-0.4, -0.2) is 15.0 Å². The first kappa shape index (κ1) is 13.4. The minimum absolute atomic E-state index is 0.141. The summed E-state index contributed by atoms with van der Waals surface area (Å²) in [5, 5.41) is 10.2. The molecule has 0 amide bonds. The molecule has 5 nitrogen and oxygen atoms in total. The summed E-state index contributed by atoms with van der Waals surface area (Å²) in [7, 11) is -3.61. The number of anilines is 1. The van der Waals surface area contributed by atoms with Gasteiger partial charge in [0.2, 0.25) is 0 Å². The number of thiophene rings is 1. The number of hydrogen-bond donors (Lipinski definition) is 1. The molecule has 1 N–H and O–H groups in total. The topological polar surface area (TPSA) is 79.2 Å². The maximum Gasteiger partial charge on any atom is 0.271 e. The van der Waals surface area contributed by atoms with E-state index in [0.717, 1.165) is 11.3 Å². The fourth-order valence-electron chi connectivity index (χ4n) is 1.40. The molecule has 7 heteroatoms. The Morgan fingerprint density at radius 1 is 1.26 bits per heavy atom. The number of ether oxygens (including phenoxy) is 1. The van der Waals surface area contributed by atoms with Gasteiger partial charge < -0.3 is 4.74 Å². The Morgan fingerprint density at radius 2 is 2.05 bits per heavy atom. The van der Waals surface area contributed by atoms with Gasteiger partial charge in [0.05, 0.1) is 5.69 Å². The molecule has 98 valence electrons. The van der Waals surface area contributed by atoms with E-state index in [9.17, 15) is 8.42 Å². The van der Waals surface area contributed by atoms with Crippen LogP contribution in [-0.2, 0) is 10.0 Å². The molecule has 0 saturated heterocycles. The second-order valence-electron chi connectivity index (χ2n) is 3.48. The highest BCUT2D eigenvalue weighted by atomic mass is 32.2. The molecule has 0 unspecified atom stereocenters. The SMILES string of the molecule is N#CCOc1ccccc1NS(=O)(=O)c1cccs1. The van der Waals surface area contributed by atoms with Crippen LogP contribution in [0.25, 0.3) is 0 Å². The lowest BCUT2D eigenvalue weighted by molar-refractivity contribution is 0.370. The van der Waals surface area contributed by atoms with Gasteiger partial charge in [-0.25, -0.2) is 8.42 Å². The highest BCUT2D eigenvalue weighted by Gasteiger charge is 2.17. The first-order valence-electron chi connectivity index (χ1n) is 5.28. The van der Waals surface area contributed by atoms with E-state index in [4.69, 9.17) is 10.00 Å². The van der Waals surface area contributed by atoms with E-state index in [1.807, 2.05) is 6.07 Å². The van der Waals surface area contributed by atoms with Gasteiger partial charge in [-0.3, -0.25) is 4.72 Å². The van der Waals surface area contributed by atoms with Crippen LogP contribution in [0.15, 0.2) is 46.0 Å². The van der Waals surface area contributed by atoms with Crippen LogP contribution in [0.4, 0.5) is 5.69 Å². The largest absolute Gasteiger partial charge is 0.477 e. The average Bonchev–Trinajstić information content (AvgIpc) is 2.92. The van der Waals surface area contributed by atoms with Crippen molar-refractivity contribution in [2.24, 2.45) is 0 Å². The number of para-hydroxylation sites is 2. The summed E-state index contributed by atoms with van der Waals surface area (Å²) in [4.78, 5) is 0. The van der Waals surface area contributed by atoms with Crippen molar-refractivity contribution in [3.8, 4) is 11.8 Å². The lowest BCUT2D eigenvalue weighted by Crippen LogP contribution is -2.12. The molecule has 19 heavy (non-hydrogen) atoms. The summed E-state index contributed by atoms with van der Waals surface area (Å²) in [6.45, 7) is -0.141. The van der Waals surface area contributed by atoms with Crippen LogP contribution < -0.4 is 9.46 Å². The summed E-state index contributed by atoms with van der Waals surface area (Å²) in [6, 6.07) is 11.6. The van der Waals surface area contributed by atoms with Gasteiger partial charge in [-0.05, 0) is 23.6 Å². The summed E-state index contributed by atoms with van der Waals surface area (Å²) in [6.07, 6.45) is 0. The van der Waals surface area contributed by atoms with Gasteiger partial charge in [-0.2, -0.15) is 5.26 Å². The third kappa shape index (κ3) is 3.24. The number of nitrogens with zero attached hydrogens (tertiary/aromatic N) is 1. The fourth-order valence-corrected chi connectivity index (χ4v) is 3.46. The van der Waals surface area contributed by atoms with Crippen molar-refractivity contribution in [1.29, 1.82) is 5.26 Å². The van der Waals surface area contributed by atoms with Crippen LogP contribution in [0, 0.1) is 11.3 Å². The van der Waals surface area contributed by atoms with E-state index < -0.39 is 10.0 Å². The first-order chi connectivity index (χ1) is 9.13. The number of nitrogens with one attached hydrogen (secondary N) is 1. The molecule has 0 aliphatic rings. The highest BCUT2D eigenvalue weighted by molar-refractivity contribution is 7.94. The highest BCUT2D eigenvalue weighted by Crippen LogP contribution is 2.27. The maximum atomic E-state index is 12.1. The summed E-state index contributed by atoms with van der Waals surface area (Å²) < 4.78 is 32.0. The third-order valence-electron chi connectivity index (χ3n) is 2.18. The zero-order chi connectivity index (χ0) is 13.7. The first-order valence-corrected chi connectivity index (χ1v) is 7.65. The molecule has 0 bridgehead atoms. The summed E-state index contributed by atoms with van der Waals surface area (Å²) >= 11 is 1.13. The van der Waals surface area contributed by atoms with Crippen LogP contribution in [0.2, 0.25) is 0 Å². The maximum absolute atomic E-state index is 12.1. The van der Waals surface area contributed by atoms with Crippen molar-refractivity contribution in [2.75, 3.05) is 11.3 Å². The number of rotatable bonds is 5. The van der Waals surface area contributed by atoms with Crippen LogP contribution in [0.5, 0.6) is 5.75 Å². The van der Waals surface area contributed by atoms with E-state index in [2.05, 4.69) is 4.72 Å².